The standard InChI is InChI=1S/C112H82N4/c1-111(2)101-69-85(53-67-95(101)97-71-99-105(73-103(97)111)115(87-41-25-11-26-42-87)109(83-37-21-9-22-38-83)107(99)81-33-17-7-18-34-81)79-49-59-91(60-50-79)114(94-65-63-93(64-66-94)113(89-55-45-77(46-56-89)75-29-13-5-14-30-75)90-57-47-78(48-58-90)76-31-15-6-16-32-76)92-61-51-80(52-62-92)86-54-68-96-98-72-100-106(74-104(98)112(3,4)102(96)70-86)116(88-43-27-12-28-44-88)110(84-39-23-10-24-40-84)108(100)82-35-19-8-20-36-82/h5-74H,1-4H3. The van der Waals surface area contributed by atoms with Crippen molar-refractivity contribution in [3.8, 4) is 123 Å². The van der Waals surface area contributed by atoms with Crippen LogP contribution in [0.4, 0.5) is 34.1 Å². The molecule has 550 valence electrons. The largest absolute Gasteiger partial charge is 0.311 e. The first kappa shape index (κ1) is 69.4. The van der Waals surface area contributed by atoms with E-state index >= 15 is 0 Å². The second-order valence-corrected chi connectivity index (χ2v) is 32.0. The number of rotatable bonds is 16. The Kier molecular flexibility index (Phi) is 16.9. The van der Waals surface area contributed by atoms with E-state index < -0.39 is 0 Å². The average Bonchev–Trinajstić information content (AvgIpc) is 1.55. The summed E-state index contributed by atoms with van der Waals surface area (Å²) in [7, 11) is 0. The van der Waals surface area contributed by atoms with Crippen LogP contribution in [0.5, 0.6) is 0 Å². The number of hydrogen-bond donors (Lipinski definition) is 0. The summed E-state index contributed by atoms with van der Waals surface area (Å²) in [6, 6.07) is 157. The van der Waals surface area contributed by atoms with Gasteiger partial charge in [0.1, 0.15) is 0 Å². The zero-order valence-electron chi connectivity index (χ0n) is 65.2. The minimum absolute atomic E-state index is 0.298. The molecular weight excluding hydrogens is 1400 g/mol. The molecule has 4 heteroatoms. The van der Waals surface area contributed by atoms with Gasteiger partial charge in [0.2, 0.25) is 0 Å². The van der Waals surface area contributed by atoms with Crippen molar-refractivity contribution >= 4 is 55.9 Å². The second-order valence-electron chi connectivity index (χ2n) is 32.0. The Balaban J connectivity index is 0.659. The molecule has 0 unspecified atom stereocenters. The first-order valence-electron chi connectivity index (χ1n) is 40.4. The van der Waals surface area contributed by atoms with Crippen LogP contribution in [-0.2, 0) is 10.8 Å². The molecule has 0 fully saturated rings. The van der Waals surface area contributed by atoms with Crippen LogP contribution < -0.4 is 9.80 Å². The predicted octanol–water partition coefficient (Wildman–Crippen LogP) is 30.5. The first-order chi connectivity index (χ1) is 57.1. The Morgan fingerprint density at radius 1 is 0.190 bits per heavy atom. The molecule has 0 saturated carbocycles. The summed E-state index contributed by atoms with van der Waals surface area (Å²) in [6.45, 7) is 9.64. The van der Waals surface area contributed by atoms with Crippen LogP contribution in [0.15, 0.2) is 425 Å². The third kappa shape index (κ3) is 11.8. The fourth-order valence-electron chi connectivity index (χ4n) is 18.7. The smallest absolute Gasteiger partial charge is 0.0619 e. The Morgan fingerprint density at radius 3 is 0.707 bits per heavy atom. The third-order valence-electron chi connectivity index (χ3n) is 24.5. The molecule has 2 aromatic heterocycles. The molecule has 2 aliphatic carbocycles. The molecule has 17 aromatic carbocycles. The fourth-order valence-corrected chi connectivity index (χ4v) is 18.7. The van der Waals surface area contributed by atoms with Gasteiger partial charge in [-0.05, 0) is 245 Å². The summed E-state index contributed by atoms with van der Waals surface area (Å²) in [5, 5.41) is 2.48. The molecule has 0 saturated heterocycles. The molecule has 0 N–H and O–H groups in total. The van der Waals surface area contributed by atoms with Gasteiger partial charge in [0, 0.05) is 78.2 Å². The van der Waals surface area contributed by atoms with E-state index in [1.165, 1.54) is 144 Å². The summed E-state index contributed by atoms with van der Waals surface area (Å²) in [5.41, 5.74) is 39.9. The van der Waals surface area contributed by atoms with E-state index in [0.717, 1.165) is 56.6 Å². The Bertz CT molecular complexity index is 6480. The highest BCUT2D eigenvalue weighted by Gasteiger charge is 2.40. The predicted molar refractivity (Wildman–Crippen MR) is 488 cm³/mol. The van der Waals surface area contributed by atoms with E-state index in [9.17, 15) is 0 Å². The summed E-state index contributed by atoms with van der Waals surface area (Å²) in [4.78, 5) is 4.78. The maximum Gasteiger partial charge on any atom is 0.0619 e. The molecule has 0 amide bonds. The van der Waals surface area contributed by atoms with E-state index in [1.807, 2.05) is 0 Å². The molecule has 19 aromatic rings. The number of anilines is 6. The molecule has 116 heavy (non-hydrogen) atoms. The molecule has 2 aliphatic rings. The molecule has 4 nitrogen and oxygen atoms in total. The monoisotopic (exact) mass is 1480 g/mol. The van der Waals surface area contributed by atoms with E-state index in [1.54, 1.807) is 0 Å². The van der Waals surface area contributed by atoms with E-state index in [4.69, 9.17) is 0 Å². The molecule has 2 heterocycles. The van der Waals surface area contributed by atoms with Crippen LogP contribution in [-0.4, -0.2) is 9.13 Å². The van der Waals surface area contributed by atoms with Crippen molar-refractivity contribution in [1.82, 2.24) is 9.13 Å². The van der Waals surface area contributed by atoms with Gasteiger partial charge in [-0.1, -0.05) is 319 Å². The summed E-state index contributed by atoms with van der Waals surface area (Å²) >= 11 is 0. The highest BCUT2D eigenvalue weighted by molar-refractivity contribution is 6.11. The Hall–Kier alpha value is -14.6. The van der Waals surface area contributed by atoms with Gasteiger partial charge in [0.15, 0.2) is 0 Å². The lowest BCUT2D eigenvalue weighted by Gasteiger charge is -2.29. The quantitative estimate of drug-likeness (QED) is 0.0959. The summed E-state index contributed by atoms with van der Waals surface area (Å²) < 4.78 is 4.99. The van der Waals surface area contributed by atoms with Crippen LogP contribution in [0.25, 0.3) is 145 Å². The molecule has 0 radical (unpaired) electrons. The van der Waals surface area contributed by atoms with E-state index in [-0.39, 0.29) is 10.8 Å². The fraction of sp³-hybridized carbons (Fsp3) is 0.0536. The number of nitrogens with zero attached hydrogens (tertiary/aromatic N) is 4. The van der Waals surface area contributed by atoms with Crippen molar-refractivity contribution in [1.29, 1.82) is 0 Å². The number of hydrogen-bond acceptors (Lipinski definition) is 2. The maximum absolute atomic E-state index is 2.50. The van der Waals surface area contributed by atoms with Gasteiger partial charge in [-0.25, -0.2) is 0 Å². The highest BCUT2D eigenvalue weighted by Crippen LogP contribution is 2.57. The Labute approximate surface area is 678 Å². The molecule has 0 atom stereocenters. The summed E-state index contributed by atoms with van der Waals surface area (Å²) in [5.74, 6) is 0. The average molecular weight is 1480 g/mol. The lowest BCUT2D eigenvalue weighted by atomic mass is 9.81. The molecule has 0 spiro atoms. The van der Waals surface area contributed by atoms with Gasteiger partial charge < -0.3 is 18.9 Å². The second kappa shape index (κ2) is 28.3. The van der Waals surface area contributed by atoms with Gasteiger partial charge in [-0.15, -0.1) is 0 Å². The molecule has 21 rings (SSSR count). The van der Waals surface area contributed by atoms with Crippen molar-refractivity contribution in [3.63, 3.8) is 0 Å². The van der Waals surface area contributed by atoms with Crippen LogP contribution in [0.2, 0.25) is 0 Å². The van der Waals surface area contributed by atoms with Crippen LogP contribution in [0.3, 0.4) is 0 Å². The van der Waals surface area contributed by atoms with Crippen molar-refractivity contribution in [3.05, 3.63) is 447 Å². The van der Waals surface area contributed by atoms with Crippen LogP contribution in [0.1, 0.15) is 49.9 Å². The summed E-state index contributed by atoms with van der Waals surface area (Å²) in [6.07, 6.45) is 0. The zero-order chi connectivity index (χ0) is 77.6. The van der Waals surface area contributed by atoms with Gasteiger partial charge in [0.05, 0.1) is 22.4 Å². The lowest BCUT2D eigenvalue weighted by Crippen LogP contribution is -2.15. The van der Waals surface area contributed by atoms with Gasteiger partial charge >= 0.3 is 0 Å². The van der Waals surface area contributed by atoms with Gasteiger partial charge in [-0.2, -0.15) is 0 Å². The zero-order valence-corrected chi connectivity index (χ0v) is 65.2. The van der Waals surface area contributed by atoms with E-state index in [2.05, 4.69) is 471 Å². The number of fused-ring (bicyclic) bond motifs is 8. The van der Waals surface area contributed by atoms with Crippen molar-refractivity contribution < 1.29 is 0 Å². The molecule has 0 aliphatic heterocycles. The van der Waals surface area contributed by atoms with Gasteiger partial charge in [0.25, 0.3) is 0 Å². The topological polar surface area (TPSA) is 16.3 Å². The number of para-hydroxylation sites is 2. The highest BCUT2D eigenvalue weighted by atomic mass is 15.2. The third-order valence-corrected chi connectivity index (χ3v) is 24.5. The molecule has 0 bridgehead atoms. The number of aromatic nitrogens is 2. The van der Waals surface area contributed by atoms with Gasteiger partial charge in [-0.3, -0.25) is 0 Å². The van der Waals surface area contributed by atoms with Crippen molar-refractivity contribution in [2.24, 2.45) is 0 Å². The minimum atomic E-state index is -0.298. The van der Waals surface area contributed by atoms with Crippen molar-refractivity contribution in [2.75, 3.05) is 9.80 Å². The number of benzene rings is 17. The lowest BCUT2D eigenvalue weighted by molar-refractivity contribution is 0.661. The minimum Gasteiger partial charge on any atom is -0.311 e. The van der Waals surface area contributed by atoms with E-state index in [0.29, 0.717) is 0 Å². The van der Waals surface area contributed by atoms with Crippen LogP contribution in [0, 0.1) is 0 Å². The maximum atomic E-state index is 2.50. The SMILES string of the molecule is CC1(C)c2cc(-c3ccc(N(c4ccc(-c5ccc6c(c5)C(C)(C)c5cc7c(cc5-6)c(-c5ccccc5)c(-c5ccccc5)n7-c5ccccc5)cc4)c4ccc(N(c5ccc(-c6ccccc6)cc5)c5ccc(-c6ccccc6)cc5)cc4)cc3)ccc2-c2cc3c(-c4ccccc4)c(-c4ccccc4)n(-c4ccccc4)c3cc21. The Morgan fingerprint density at radius 2 is 0.414 bits per heavy atom. The normalized spacial score (nSPS) is 12.8. The molecular formula is C112H82N4. The first-order valence-corrected chi connectivity index (χ1v) is 40.4. The van der Waals surface area contributed by atoms with Crippen LogP contribution >= 0.6 is 0 Å². The van der Waals surface area contributed by atoms with Crippen molar-refractivity contribution in [2.45, 2.75) is 38.5 Å².